The molecule has 0 radical (unpaired) electrons. The summed E-state index contributed by atoms with van der Waals surface area (Å²) in [7, 11) is 1.65. The molecule has 1 fully saturated rings. The topological polar surface area (TPSA) is 74.3 Å². The van der Waals surface area contributed by atoms with E-state index in [1.165, 1.54) is 6.92 Å². The maximum atomic E-state index is 11.7. The van der Waals surface area contributed by atoms with E-state index in [-0.39, 0.29) is 24.9 Å². The van der Waals surface area contributed by atoms with Gasteiger partial charge in [0.25, 0.3) is 0 Å². The molecule has 0 bridgehead atoms. The molecule has 1 amide bonds. The number of carbonyl (C=O) groups is 2. The van der Waals surface area contributed by atoms with Crippen molar-refractivity contribution >= 4 is 12.4 Å². The third kappa shape index (κ3) is 2.46. The van der Waals surface area contributed by atoms with Crippen molar-refractivity contribution in [1.82, 2.24) is 4.90 Å². The fourth-order valence-electron chi connectivity index (χ4n) is 4.34. The first kappa shape index (κ1) is 16.9. The van der Waals surface area contributed by atoms with Crippen molar-refractivity contribution in [2.24, 2.45) is 0 Å². The lowest BCUT2D eigenvalue weighted by Gasteiger charge is -2.41. The van der Waals surface area contributed by atoms with Gasteiger partial charge >= 0.3 is 5.97 Å². The number of carbonyl (C=O) groups excluding carboxylic acids is 2. The van der Waals surface area contributed by atoms with Crippen molar-refractivity contribution < 1.29 is 28.5 Å². The number of likely N-dealkylation sites (tertiary alicyclic amines) is 1. The van der Waals surface area contributed by atoms with Crippen LogP contribution in [-0.4, -0.2) is 56.0 Å². The van der Waals surface area contributed by atoms with E-state index in [0.717, 1.165) is 12.0 Å². The Morgan fingerprint density at radius 1 is 1.35 bits per heavy atom. The average Bonchev–Trinajstić information content (AvgIpc) is 3.23. The molecule has 1 aliphatic carbocycles. The van der Waals surface area contributed by atoms with Gasteiger partial charge in [0.2, 0.25) is 13.2 Å². The van der Waals surface area contributed by atoms with Crippen LogP contribution in [0.15, 0.2) is 30.4 Å². The minimum Gasteiger partial charge on any atom is -0.459 e. The number of benzene rings is 1. The van der Waals surface area contributed by atoms with Gasteiger partial charge in [0.05, 0.1) is 24.1 Å². The SMILES string of the molecule is CO[C@@H]1C=C[C@@]2(c3ccc4c(c3)OCO4)[C@@H](OC(C)=O)CN(C=O)[C@H]2C1. The summed E-state index contributed by atoms with van der Waals surface area (Å²) >= 11 is 0. The van der Waals surface area contributed by atoms with Gasteiger partial charge in [-0.3, -0.25) is 9.59 Å². The maximum Gasteiger partial charge on any atom is 0.303 e. The molecule has 138 valence electrons. The van der Waals surface area contributed by atoms with E-state index in [0.29, 0.717) is 24.5 Å². The number of methoxy groups -OCH3 is 1. The normalized spacial score (nSPS) is 31.6. The molecular formula is C19H21NO6. The summed E-state index contributed by atoms with van der Waals surface area (Å²) in [5.74, 6) is 0.971. The van der Waals surface area contributed by atoms with Crippen molar-refractivity contribution in [3.8, 4) is 11.5 Å². The van der Waals surface area contributed by atoms with Crippen molar-refractivity contribution in [2.45, 2.75) is 37.0 Å². The molecule has 1 aromatic rings. The van der Waals surface area contributed by atoms with E-state index in [4.69, 9.17) is 18.9 Å². The number of nitrogens with zero attached hydrogens (tertiary/aromatic N) is 1. The van der Waals surface area contributed by atoms with E-state index < -0.39 is 11.5 Å². The van der Waals surface area contributed by atoms with Gasteiger partial charge in [0.15, 0.2) is 11.5 Å². The van der Waals surface area contributed by atoms with Gasteiger partial charge in [0.1, 0.15) is 6.10 Å². The average molecular weight is 359 g/mol. The lowest BCUT2D eigenvalue weighted by Crippen LogP contribution is -2.50. The lowest BCUT2D eigenvalue weighted by molar-refractivity contribution is -0.148. The molecule has 0 N–H and O–H groups in total. The fourth-order valence-corrected chi connectivity index (χ4v) is 4.34. The van der Waals surface area contributed by atoms with Gasteiger partial charge in [-0.15, -0.1) is 0 Å². The highest BCUT2D eigenvalue weighted by molar-refractivity contribution is 5.67. The molecule has 7 nitrogen and oxygen atoms in total. The quantitative estimate of drug-likeness (QED) is 0.460. The maximum absolute atomic E-state index is 11.7. The molecule has 4 atom stereocenters. The molecule has 0 saturated carbocycles. The number of fused-ring (bicyclic) bond motifs is 2. The van der Waals surface area contributed by atoms with Crippen LogP contribution in [0.4, 0.5) is 0 Å². The van der Waals surface area contributed by atoms with Crippen molar-refractivity contribution in [2.75, 3.05) is 20.4 Å². The van der Waals surface area contributed by atoms with E-state index in [9.17, 15) is 9.59 Å². The number of ether oxygens (including phenoxy) is 4. The molecule has 0 spiro atoms. The zero-order valence-corrected chi connectivity index (χ0v) is 14.7. The summed E-state index contributed by atoms with van der Waals surface area (Å²) in [5, 5.41) is 0. The Morgan fingerprint density at radius 2 is 2.15 bits per heavy atom. The van der Waals surface area contributed by atoms with Gasteiger partial charge in [-0.25, -0.2) is 0 Å². The molecular weight excluding hydrogens is 338 g/mol. The number of amides is 1. The Hall–Kier alpha value is -2.54. The number of hydrogen-bond donors (Lipinski definition) is 0. The van der Waals surface area contributed by atoms with E-state index >= 15 is 0 Å². The van der Waals surface area contributed by atoms with Gasteiger partial charge in [-0.2, -0.15) is 0 Å². The molecule has 3 aliphatic rings. The summed E-state index contributed by atoms with van der Waals surface area (Å²) < 4.78 is 22.1. The molecule has 2 heterocycles. The monoisotopic (exact) mass is 359 g/mol. The molecule has 7 heteroatoms. The van der Waals surface area contributed by atoms with Crippen LogP contribution < -0.4 is 9.47 Å². The second-order valence-electron chi connectivity index (χ2n) is 6.79. The van der Waals surface area contributed by atoms with Crippen LogP contribution >= 0.6 is 0 Å². The van der Waals surface area contributed by atoms with Crippen LogP contribution in [-0.2, 0) is 24.5 Å². The zero-order valence-electron chi connectivity index (χ0n) is 14.7. The van der Waals surface area contributed by atoms with E-state index in [1.807, 2.05) is 30.4 Å². The standard InChI is InChI=1S/C19H21NO6/c1-12(22)26-18-9-20(10-21)17-8-14(23-2)5-6-19(17,18)13-3-4-15-16(7-13)25-11-24-15/h3-7,10,14,17-18H,8-9,11H2,1-2H3/t14-,17+,18+,19+/m1/s1. The third-order valence-electron chi connectivity index (χ3n) is 5.52. The van der Waals surface area contributed by atoms with Crippen LogP contribution in [0.3, 0.4) is 0 Å². The van der Waals surface area contributed by atoms with Gasteiger partial charge in [0, 0.05) is 14.0 Å². The first-order chi connectivity index (χ1) is 12.6. The molecule has 4 rings (SSSR count). The Labute approximate surface area is 151 Å². The highest BCUT2D eigenvalue weighted by atomic mass is 16.7. The molecule has 2 aliphatic heterocycles. The fraction of sp³-hybridized carbons (Fsp3) is 0.474. The Bertz CT molecular complexity index is 762. The minimum atomic E-state index is -0.650. The summed E-state index contributed by atoms with van der Waals surface area (Å²) in [4.78, 5) is 25.2. The number of hydrogen-bond acceptors (Lipinski definition) is 6. The summed E-state index contributed by atoms with van der Waals surface area (Å²) in [5.41, 5.74) is 0.274. The minimum absolute atomic E-state index is 0.0966. The molecule has 1 saturated heterocycles. The van der Waals surface area contributed by atoms with Crippen LogP contribution in [0.25, 0.3) is 0 Å². The van der Waals surface area contributed by atoms with Gasteiger partial charge < -0.3 is 23.8 Å². The molecule has 26 heavy (non-hydrogen) atoms. The van der Waals surface area contributed by atoms with Crippen LogP contribution in [0.2, 0.25) is 0 Å². The predicted octanol–water partition coefficient (Wildman–Crippen LogP) is 1.40. The second-order valence-corrected chi connectivity index (χ2v) is 6.79. The Kier molecular flexibility index (Phi) is 4.11. The molecule has 1 aromatic carbocycles. The highest BCUT2D eigenvalue weighted by Crippen LogP contribution is 2.49. The Balaban J connectivity index is 1.85. The van der Waals surface area contributed by atoms with Gasteiger partial charge in [-0.05, 0) is 24.1 Å². The predicted molar refractivity (Wildman–Crippen MR) is 90.9 cm³/mol. The smallest absolute Gasteiger partial charge is 0.303 e. The lowest BCUT2D eigenvalue weighted by atomic mass is 9.68. The molecule has 0 unspecified atom stereocenters. The number of esters is 1. The summed E-state index contributed by atoms with van der Waals surface area (Å²) in [6.07, 6.45) is 4.86. The second kappa shape index (κ2) is 6.32. The largest absolute Gasteiger partial charge is 0.459 e. The van der Waals surface area contributed by atoms with Crippen LogP contribution in [0.1, 0.15) is 18.9 Å². The zero-order chi connectivity index (χ0) is 18.3. The Morgan fingerprint density at radius 3 is 2.88 bits per heavy atom. The highest BCUT2D eigenvalue weighted by Gasteiger charge is 2.57. The first-order valence-electron chi connectivity index (χ1n) is 8.59. The van der Waals surface area contributed by atoms with Gasteiger partial charge in [-0.1, -0.05) is 18.2 Å². The summed E-state index contributed by atoms with van der Waals surface area (Å²) in [6.45, 7) is 1.91. The van der Waals surface area contributed by atoms with E-state index in [2.05, 4.69) is 0 Å². The molecule has 0 aromatic heterocycles. The van der Waals surface area contributed by atoms with Crippen molar-refractivity contribution in [3.05, 3.63) is 35.9 Å². The number of rotatable bonds is 4. The van der Waals surface area contributed by atoms with Crippen LogP contribution in [0.5, 0.6) is 11.5 Å². The first-order valence-corrected chi connectivity index (χ1v) is 8.59. The third-order valence-corrected chi connectivity index (χ3v) is 5.52. The van der Waals surface area contributed by atoms with Crippen molar-refractivity contribution in [3.63, 3.8) is 0 Å². The van der Waals surface area contributed by atoms with Crippen LogP contribution in [0, 0.1) is 0 Å². The van der Waals surface area contributed by atoms with Crippen molar-refractivity contribution in [1.29, 1.82) is 0 Å². The summed E-state index contributed by atoms with van der Waals surface area (Å²) in [6, 6.07) is 5.54. The van der Waals surface area contributed by atoms with E-state index in [1.54, 1.807) is 12.0 Å².